The van der Waals surface area contributed by atoms with Crippen molar-refractivity contribution >= 4 is 0 Å². The van der Waals surface area contributed by atoms with E-state index in [2.05, 4.69) is 22.0 Å². The van der Waals surface area contributed by atoms with E-state index in [4.69, 9.17) is 19.1 Å². The van der Waals surface area contributed by atoms with E-state index in [-0.39, 0.29) is 6.04 Å². The van der Waals surface area contributed by atoms with Crippen molar-refractivity contribution in [2.75, 3.05) is 26.9 Å². The average Bonchev–Trinajstić information content (AvgIpc) is 3.24. The van der Waals surface area contributed by atoms with Gasteiger partial charge in [-0.1, -0.05) is 11.2 Å². The van der Waals surface area contributed by atoms with Gasteiger partial charge in [0.2, 0.25) is 5.89 Å². The van der Waals surface area contributed by atoms with E-state index < -0.39 is 0 Å². The van der Waals surface area contributed by atoms with E-state index in [0.717, 1.165) is 29.4 Å². The summed E-state index contributed by atoms with van der Waals surface area (Å²) in [6.07, 6.45) is 0. The van der Waals surface area contributed by atoms with Crippen LogP contribution in [0.15, 0.2) is 28.8 Å². The molecule has 8 heteroatoms. The fraction of sp³-hybridized carbons (Fsp3) is 0.450. The third-order valence-electron chi connectivity index (χ3n) is 5.13. The van der Waals surface area contributed by atoms with Crippen molar-refractivity contribution in [3.63, 3.8) is 0 Å². The van der Waals surface area contributed by atoms with E-state index in [1.165, 1.54) is 5.56 Å². The SMILES string of the molecule is COc1cccc(-n2nc(C)c([C@H]3COCCN3Cc3noc(C)n3)c2C)c1. The molecule has 1 aromatic carbocycles. The highest BCUT2D eigenvalue weighted by Crippen LogP contribution is 2.32. The van der Waals surface area contributed by atoms with Gasteiger partial charge in [-0.3, -0.25) is 4.90 Å². The molecule has 1 aliphatic rings. The van der Waals surface area contributed by atoms with Crippen LogP contribution < -0.4 is 4.74 Å². The smallest absolute Gasteiger partial charge is 0.223 e. The summed E-state index contributed by atoms with van der Waals surface area (Å²) in [5.41, 5.74) is 4.24. The number of ether oxygens (including phenoxy) is 2. The Kier molecular flexibility index (Phi) is 5.15. The fourth-order valence-corrected chi connectivity index (χ4v) is 3.81. The number of hydrogen-bond donors (Lipinski definition) is 0. The lowest BCUT2D eigenvalue weighted by Gasteiger charge is -2.35. The molecule has 2 aromatic heterocycles. The van der Waals surface area contributed by atoms with Crippen LogP contribution in [0.4, 0.5) is 0 Å². The lowest BCUT2D eigenvalue weighted by molar-refractivity contribution is -0.0145. The fourth-order valence-electron chi connectivity index (χ4n) is 3.81. The minimum absolute atomic E-state index is 0.0897. The molecule has 0 spiro atoms. The van der Waals surface area contributed by atoms with Crippen molar-refractivity contribution in [3.05, 3.63) is 52.9 Å². The van der Waals surface area contributed by atoms with Crippen LogP contribution in [0.25, 0.3) is 5.69 Å². The second-order valence-electron chi connectivity index (χ2n) is 6.99. The van der Waals surface area contributed by atoms with Gasteiger partial charge >= 0.3 is 0 Å². The lowest BCUT2D eigenvalue weighted by Crippen LogP contribution is -2.39. The second-order valence-corrected chi connectivity index (χ2v) is 6.99. The molecule has 0 unspecified atom stereocenters. The Morgan fingerprint density at radius 3 is 2.86 bits per heavy atom. The van der Waals surface area contributed by atoms with Crippen molar-refractivity contribution in [1.29, 1.82) is 0 Å². The number of hydrogen-bond acceptors (Lipinski definition) is 7. The monoisotopic (exact) mass is 383 g/mol. The van der Waals surface area contributed by atoms with Gasteiger partial charge in [0.15, 0.2) is 5.82 Å². The van der Waals surface area contributed by atoms with Gasteiger partial charge in [0, 0.05) is 30.8 Å². The molecule has 0 radical (unpaired) electrons. The lowest BCUT2D eigenvalue weighted by atomic mass is 10.0. The Hall–Kier alpha value is -2.71. The van der Waals surface area contributed by atoms with Crippen molar-refractivity contribution in [3.8, 4) is 11.4 Å². The maximum atomic E-state index is 5.81. The van der Waals surface area contributed by atoms with Gasteiger partial charge in [0.1, 0.15) is 5.75 Å². The number of nitrogens with zero attached hydrogens (tertiary/aromatic N) is 5. The molecule has 0 bridgehead atoms. The first-order valence-corrected chi connectivity index (χ1v) is 9.38. The standard InChI is InChI=1S/C20H25N5O3/c1-13-20(14(2)25(22-13)16-6-5-7-17(10-16)26-4)18-12-27-9-8-24(18)11-19-21-15(3)28-23-19/h5-7,10,18H,8-9,11-12H2,1-4H3/t18-/m1/s1. The Morgan fingerprint density at radius 2 is 2.11 bits per heavy atom. The summed E-state index contributed by atoms with van der Waals surface area (Å²) < 4.78 is 18.3. The zero-order valence-electron chi connectivity index (χ0n) is 16.7. The summed E-state index contributed by atoms with van der Waals surface area (Å²) in [4.78, 5) is 6.69. The van der Waals surface area contributed by atoms with Crippen LogP contribution in [0.2, 0.25) is 0 Å². The van der Waals surface area contributed by atoms with Crippen LogP contribution in [0.1, 0.15) is 34.7 Å². The number of methoxy groups -OCH3 is 1. The van der Waals surface area contributed by atoms with E-state index in [1.54, 1.807) is 14.0 Å². The molecule has 4 rings (SSSR count). The zero-order chi connectivity index (χ0) is 19.7. The molecule has 3 heterocycles. The van der Waals surface area contributed by atoms with Crippen LogP contribution in [-0.4, -0.2) is 51.7 Å². The number of aryl methyl sites for hydroxylation is 2. The number of aromatic nitrogens is 4. The largest absolute Gasteiger partial charge is 0.497 e. The number of morpholine rings is 1. The average molecular weight is 383 g/mol. The summed E-state index contributed by atoms with van der Waals surface area (Å²) >= 11 is 0. The summed E-state index contributed by atoms with van der Waals surface area (Å²) in [5.74, 6) is 2.08. The highest BCUT2D eigenvalue weighted by atomic mass is 16.5. The Labute approximate surface area is 164 Å². The van der Waals surface area contributed by atoms with E-state index in [0.29, 0.717) is 31.5 Å². The molecule has 1 saturated heterocycles. The van der Waals surface area contributed by atoms with Crippen molar-refractivity contribution in [2.45, 2.75) is 33.4 Å². The van der Waals surface area contributed by atoms with Crippen molar-refractivity contribution < 1.29 is 14.0 Å². The molecule has 148 valence electrons. The van der Waals surface area contributed by atoms with Crippen LogP contribution in [0, 0.1) is 20.8 Å². The molecule has 1 fully saturated rings. The molecule has 3 aromatic rings. The van der Waals surface area contributed by atoms with Gasteiger partial charge in [0.05, 0.1) is 44.3 Å². The first kappa shape index (κ1) is 18.6. The normalized spacial score (nSPS) is 17.8. The summed E-state index contributed by atoms with van der Waals surface area (Å²) in [7, 11) is 1.67. The highest BCUT2D eigenvalue weighted by Gasteiger charge is 2.31. The van der Waals surface area contributed by atoms with Gasteiger partial charge in [-0.25, -0.2) is 4.68 Å². The third kappa shape index (κ3) is 3.53. The molecular weight excluding hydrogens is 358 g/mol. The third-order valence-corrected chi connectivity index (χ3v) is 5.13. The van der Waals surface area contributed by atoms with Crippen LogP contribution in [0.5, 0.6) is 5.75 Å². The maximum Gasteiger partial charge on any atom is 0.223 e. The van der Waals surface area contributed by atoms with Gasteiger partial charge in [-0.15, -0.1) is 0 Å². The van der Waals surface area contributed by atoms with Crippen molar-refractivity contribution in [1.82, 2.24) is 24.8 Å². The van der Waals surface area contributed by atoms with E-state index >= 15 is 0 Å². The molecule has 0 N–H and O–H groups in total. The highest BCUT2D eigenvalue weighted by molar-refractivity contribution is 5.42. The minimum atomic E-state index is 0.0897. The van der Waals surface area contributed by atoms with Gasteiger partial charge in [-0.2, -0.15) is 10.1 Å². The first-order chi connectivity index (χ1) is 13.6. The second kappa shape index (κ2) is 7.73. The molecule has 1 atom stereocenters. The summed E-state index contributed by atoms with van der Waals surface area (Å²) in [5, 5.41) is 8.86. The quantitative estimate of drug-likeness (QED) is 0.670. The predicted octanol–water partition coefficient (Wildman–Crippen LogP) is 2.76. The predicted molar refractivity (Wildman–Crippen MR) is 103 cm³/mol. The van der Waals surface area contributed by atoms with Crippen LogP contribution in [0.3, 0.4) is 0 Å². The van der Waals surface area contributed by atoms with Crippen LogP contribution >= 0.6 is 0 Å². The molecular formula is C20H25N5O3. The Balaban J connectivity index is 1.67. The molecule has 1 aliphatic heterocycles. The van der Waals surface area contributed by atoms with Gasteiger partial charge in [-0.05, 0) is 26.0 Å². The molecule has 8 nitrogen and oxygen atoms in total. The molecule has 0 amide bonds. The number of benzene rings is 1. The number of rotatable bonds is 5. The topological polar surface area (TPSA) is 78.4 Å². The molecule has 0 saturated carbocycles. The van der Waals surface area contributed by atoms with Crippen molar-refractivity contribution in [2.24, 2.45) is 0 Å². The Bertz CT molecular complexity index is 965. The van der Waals surface area contributed by atoms with Crippen LogP contribution in [-0.2, 0) is 11.3 Å². The summed E-state index contributed by atoms with van der Waals surface area (Å²) in [6.45, 7) is 8.68. The summed E-state index contributed by atoms with van der Waals surface area (Å²) in [6, 6.07) is 8.01. The van der Waals surface area contributed by atoms with E-state index in [1.807, 2.05) is 35.9 Å². The minimum Gasteiger partial charge on any atom is -0.497 e. The van der Waals surface area contributed by atoms with Gasteiger partial charge in [0.25, 0.3) is 0 Å². The van der Waals surface area contributed by atoms with E-state index in [9.17, 15) is 0 Å². The zero-order valence-corrected chi connectivity index (χ0v) is 16.7. The first-order valence-electron chi connectivity index (χ1n) is 9.38. The maximum absolute atomic E-state index is 5.81. The van der Waals surface area contributed by atoms with Gasteiger partial charge < -0.3 is 14.0 Å². The molecule has 0 aliphatic carbocycles. The Morgan fingerprint density at radius 1 is 1.25 bits per heavy atom. The molecule has 28 heavy (non-hydrogen) atoms.